The van der Waals surface area contributed by atoms with Gasteiger partial charge in [-0.2, -0.15) is 0 Å². The van der Waals surface area contributed by atoms with E-state index in [1.54, 1.807) is 12.1 Å². The summed E-state index contributed by atoms with van der Waals surface area (Å²) >= 11 is 0. The predicted molar refractivity (Wildman–Crippen MR) is 61.3 cm³/mol. The SMILES string of the molecule is C#Cc1ccc(S(=O)(=O)NCCCO)cc1. The van der Waals surface area contributed by atoms with Crippen molar-refractivity contribution in [3.8, 4) is 12.3 Å². The molecule has 16 heavy (non-hydrogen) atoms. The highest BCUT2D eigenvalue weighted by atomic mass is 32.2. The minimum absolute atomic E-state index is 0.0431. The van der Waals surface area contributed by atoms with Crippen LogP contribution >= 0.6 is 0 Å². The molecule has 0 fully saturated rings. The summed E-state index contributed by atoms with van der Waals surface area (Å²) in [4.78, 5) is 0.171. The lowest BCUT2D eigenvalue weighted by Gasteiger charge is -2.05. The monoisotopic (exact) mass is 239 g/mol. The fourth-order valence-electron chi connectivity index (χ4n) is 1.10. The molecule has 0 bridgehead atoms. The van der Waals surface area contributed by atoms with E-state index in [0.717, 1.165) is 0 Å². The van der Waals surface area contributed by atoms with Crippen LogP contribution in [0.3, 0.4) is 0 Å². The van der Waals surface area contributed by atoms with Gasteiger partial charge in [0.05, 0.1) is 4.90 Å². The first-order valence-corrected chi connectivity index (χ1v) is 6.25. The standard InChI is InChI=1S/C11H13NO3S/c1-2-10-4-6-11(7-5-10)16(14,15)12-8-3-9-13/h1,4-7,12-13H,3,8-9H2. The molecular formula is C11H13NO3S. The van der Waals surface area contributed by atoms with Crippen LogP contribution in [0.5, 0.6) is 0 Å². The maximum Gasteiger partial charge on any atom is 0.240 e. The Morgan fingerprint density at radius 1 is 1.31 bits per heavy atom. The summed E-state index contributed by atoms with van der Waals surface area (Å²) in [5, 5.41) is 8.54. The number of nitrogens with one attached hydrogen (secondary N) is 1. The van der Waals surface area contributed by atoms with Crippen LogP contribution in [-0.4, -0.2) is 26.7 Å². The summed E-state index contributed by atoms with van der Waals surface area (Å²) in [6.45, 7) is 0.175. The third-order valence-electron chi connectivity index (χ3n) is 1.96. The average Bonchev–Trinajstić information content (AvgIpc) is 2.29. The van der Waals surface area contributed by atoms with Crippen molar-refractivity contribution in [3.63, 3.8) is 0 Å². The Labute approximate surface area is 95.4 Å². The van der Waals surface area contributed by atoms with Crippen LogP contribution in [0, 0.1) is 12.3 Å². The maximum absolute atomic E-state index is 11.7. The molecule has 0 heterocycles. The number of terminal acetylenes is 1. The van der Waals surface area contributed by atoms with Gasteiger partial charge in [0.1, 0.15) is 0 Å². The summed E-state index contributed by atoms with van der Waals surface area (Å²) in [5.41, 5.74) is 0.634. The quantitative estimate of drug-likeness (QED) is 0.575. The number of sulfonamides is 1. The second-order valence-electron chi connectivity index (χ2n) is 3.14. The van der Waals surface area contributed by atoms with E-state index in [2.05, 4.69) is 10.6 Å². The number of hydrogen-bond acceptors (Lipinski definition) is 3. The number of hydrogen-bond donors (Lipinski definition) is 2. The minimum Gasteiger partial charge on any atom is -0.396 e. The zero-order valence-corrected chi connectivity index (χ0v) is 9.50. The highest BCUT2D eigenvalue weighted by Gasteiger charge is 2.12. The van der Waals surface area contributed by atoms with Gasteiger partial charge >= 0.3 is 0 Å². The Balaban J connectivity index is 2.79. The summed E-state index contributed by atoms with van der Waals surface area (Å²) in [5.74, 6) is 2.41. The van der Waals surface area contributed by atoms with Crippen molar-refractivity contribution in [1.82, 2.24) is 4.72 Å². The molecule has 0 atom stereocenters. The van der Waals surface area contributed by atoms with E-state index in [4.69, 9.17) is 11.5 Å². The zero-order chi connectivity index (χ0) is 12.0. The van der Waals surface area contributed by atoms with Gasteiger partial charge in [-0.15, -0.1) is 6.42 Å². The predicted octanol–water partition coefficient (Wildman–Crippen LogP) is 0.329. The van der Waals surface area contributed by atoms with E-state index >= 15 is 0 Å². The van der Waals surface area contributed by atoms with Gasteiger partial charge in [0.15, 0.2) is 0 Å². The van der Waals surface area contributed by atoms with Gasteiger partial charge < -0.3 is 5.11 Å². The molecule has 0 aliphatic rings. The fourth-order valence-corrected chi connectivity index (χ4v) is 2.17. The van der Waals surface area contributed by atoms with Crippen molar-refractivity contribution in [2.75, 3.05) is 13.2 Å². The molecule has 86 valence electrons. The molecule has 0 saturated carbocycles. The molecule has 0 aromatic heterocycles. The van der Waals surface area contributed by atoms with Crippen LogP contribution in [-0.2, 0) is 10.0 Å². The van der Waals surface area contributed by atoms with E-state index in [0.29, 0.717) is 12.0 Å². The van der Waals surface area contributed by atoms with Gasteiger partial charge in [-0.1, -0.05) is 5.92 Å². The molecule has 2 N–H and O–H groups in total. The van der Waals surface area contributed by atoms with Gasteiger partial charge in [-0.3, -0.25) is 0 Å². The van der Waals surface area contributed by atoms with Crippen LogP contribution in [0.1, 0.15) is 12.0 Å². The van der Waals surface area contributed by atoms with E-state index in [1.807, 2.05) is 0 Å². The minimum atomic E-state index is -3.49. The molecule has 1 aromatic carbocycles. The highest BCUT2D eigenvalue weighted by Crippen LogP contribution is 2.09. The van der Waals surface area contributed by atoms with Crippen LogP contribution in [0.4, 0.5) is 0 Å². The molecule has 0 amide bonds. The third kappa shape index (κ3) is 3.35. The summed E-state index contributed by atoms with van der Waals surface area (Å²) in [6.07, 6.45) is 5.55. The first-order chi connectivity index (χ1) is 7.60. The van der Waals surface area contributed by atoms with Crippen molar-refractivity contribution >= 4 is 10.0 Å². The normalized spacial score (nSPS) is 11.0. The fraction of sp³-hybridized carbons (Fsp3) is 0.273. The Hall–Kier alpha value is -1.35. The summed E-state index contributed by atoms with van der Waals surface area (Å²) in [7, 11) is -3.49. The van der Waals surface area contributed by atoms with Crippen LogP contribution in [0.2, 0.25) is 0 Å². The molecular weight excluding hydrogens is 226 g/mol. The van der Waals surface area contributed by atoms with E-state index < -0.39 is 10.0 Å². The number of benzene rings is 1. The van der Waals surface area contributed by atoms with Gasteiger partial charge in [0.2, 0.25) is 10.0 Å². The van der Waals surface area contributed by atoms with Crippen LogP contribution in [0.25, 0.3) is 0 Å². The van der Waals surface area contributed by atoms with Crippen LogP contribution < -0.4 is 4.72 Å². The molecule has 1 rings (SSSR count). The number of aliphatic hydroxyl groups excluding tert-OH is 1. The van der Waals surface area contributed by atoms with Gasteiger partial charge in [-0.05, 0) is 30.7 Å². The van der Waals surface area contributed by atoms with E-state index in [1.165, 1.54) is 12.1 Å². The molecule has 0 aliphatic heterocycles. The molecule has 0 unspecified atom stereocenters. The molecule has 4 nitrogen and oxygen atoms in total. The van der Waals surface area contributed by atoms with Crippen molar-refractivity contribution < 1.29 is 13.5 Å². The summed E-state index contributed by atoms with van der Waals surface area (Å²) in [6, 6.07) is 6.05. The van der Waals surface area contributed by atoms with Gasteiger partial charge in [0, 0.05) is 18.7 Å². The second kappa shape index (κ2) is 5.66. The average molecular weight is 239 g/mol. The third-order valence-corrected chi connectivity index (χ3v) is 3.44. The molecule has 0 spiro atoms. The van der Waals surface area contributed by atoms with Gasteiger partial charge in [-0.25, -0.2) is 13.1 Å². The van der Waals surface area contributed by atoms with E-state index in [-0.39, 0.29) is 18.0 Å². The molecule has 0 aliphatic carbocycles. The Morgan fingerprint density at radius 2 is 1.94 bits per heavy atom. The van der Waals surface area contributed by atoms with Crippen molar-refractivity contribution in [2.24, 2.45) is 0 Å². The van der Waals surface area contributed by atoms with Crippen molar-refractivity contribution in [3.05, 3.63) is 29.8 Å². The topological polar surface area (TPSA) is 66.4 Å². The molecule has 0 radical (unpaired) electrons. The lowest BCUT2D eigenvalue weighted by Crippen LogP contribution is -2.25. The smallest absolute Gasteiger partial charge is 0.240 e. The first kappa shape index (κ1) is 12.7. The molecule has 5 heteroatoms. The van der Waals surface area contributed by atoms with Gasteiger partial charge in [0.25, 0.3) is 0 Å². The largest absolute Gasteiger partial charge is 0.396 e. The van der Waals surface area contributed by atoms with Crippen molar-refractivity contribution in [1.29, 1.82) is 0 Å². The maximum atomic E-state index is 11.7. The first-order valence-electron chi connectivity index (χ1n) is 4.77. The Morgan fingerprint density at radius 3 is 2.44 bits per heavy atom. The van der Waals surface area contributed by atoms with E-state index in [9.17, 15) is 8.42 Å². The number of aliphatic hydroxyl groups is 1. The van der Waals surface area contributed by atoms with Crippen LogP contribution in [0.15, 0.2) is 29.2 Å². The molecule has 0 saturated heterocycles. The lowest BCUT2D eigenvalue weighted by atomic mass is 10.2. The summed E-state index contributed by atoms with van der Waals surface area (Å²) < 4.78 is 25.7. The second-order valence-corrected chi connectivity index (χ2v) is 4.91. The Kier molecular flexibility index (Phi) is 4.50. The number of rotatable bonds is 5. The molecule has 1 aromatic rings. The Bertz CT molecular complexity index is 471. The lowest BCUT2D eigenvalue weighted by molar-refractivity contribution is 0.289. The van der Waals surface area contributed by atoms with Crippen molar-refractivity contribution in [2.45, 2.75) is 11.3 Å². The highest BCUT2D eigenvalue weighted by molar-refractivity contribution is 7.89. The zero-order valence-electron chi connectivity index (χ0n) is 8.68.